The van der Waals surface area contributed by atoms with E-state index < -0.39 is 5.97 Å². The quantitative estimate of drug-likeness (QED) is 0.615. The molecular weight excluding hydrogens is 284 g/mol. The van der Waals surface area contributed by atoms with Crippen molar-refractivity contribution in [3.8, 4) is 5.75 Å². The molecule has 22 heavy (non-hydrogen) atoms. The highest BCUT2D eigenvalue weighted by molar-refractivity contribution is 5.94. The van der Waals surface area contributed by atoms with Gasteiger partial charge in [-0.25, -0.2) is 4.79 Å². The minimum Gasteiger partial charge on any atom is -0.497 e. The highest BCUT2D eigenvalue weighted by Crippen LogP contribution is 2.20. The zero-order valence-electron chi connectivity index (χ0n) is 12.8. The molecule has 0 radical (unpaired) electrons. The lowest BCUT2D eigenvalue weighted by molar-refractivity contribution is -0.135. The molecule has 6 heteroatoms. The number of esters is 1. The van der Waals surface area contributed by atoms with E-state index in [1.165, 1.54) is 13.2 Å². The van der Waals surface area contributed by atoms with Crippen molar-refractivity contribution in [2.24, 2.45) is 0 Å². The van der Waals surface area contributed by atoms with Gasteiger partial charge in [-0.3, -0.25) is 4.79 Å². The van der Waals surface area contributed by atoms with E-state index in [2.05, 4.69) is 9.64 Å². The van der Waals surface area contributed by atoms with Crippen molar-refractivity contribution in [2.75, 3.05) is 45.3 Å². The van der Waals surface area contributed by atoms with Crippen LogP contribution in [0.3, 0.4) is 0 Å². The number of rotatable bonds is 4. The minimum absolute atomic E-state index is 0.167. The molecule has 1 aliphatic heterocycles. The molecule has 0 N–H and O–H groups in total. The number of benzene rings is 1. The average Bonchev–Trinajstić information content (AvgIpc) is 2.59. The van der Waals surface area contributed by atoms with Crippen molar-refractivity contribution < 1.29 is 19.1 Å². The molecule has 6 nitrogen and oxygen atoms in total. The van der Waals surface area contributed by atoms with Gasteiger partial charge < -0.3 is 19.3 Å². The Morgan fingerprint density at radius 1 is 1.00 bits per heavy atom. The van der Waals surface area contributed by atoms with Crippen LogP contribution in [-0.2, 0) is 14.3 Å². The van der Waals surface area contributed by atoms with Crippen molar-refractivity contribution in [1.29, 1.82) is 0 Å². The summed E-state index contributed by atoms with van der Waals surface area (Å²) in [5.74, 6) is 0.135. The maximum atomic E-state index is 11.9. The van der Waals surface area contributed by atoms with E-state index in [9.17, 15) is 9.59 Å². The van der Waals surface area contributed by atoms with Crippen LogP contribution in [0.5, 0.6) is 5.75 Å². The van der Waals surface area contributed by atoms with Gasteiger partial charge in [0.2, 0.25) is 5.91 Å². The summed E-state index contributed by atoms with van der Waals surface area (Å²) in [5, 5.41) is 0. The normalized spacial score (nSPS) is 15.0. The molecule has 0 aromatic heterocycles. The van der Waals surface area contributed by atoms with E-state index in [0.717, 1.165) is 30.6 Å². The maximum absolute atomic E-state index is 11.9. The van der Waals surface area contributed by atoms with Gasteiger partial charge in [0, 0.05) is 44.0 Å². The second-order valence-electron chi connectivity index (χ2n) is 4.87. The van der Waals surface area contributed by atoms with Crippen LogP contribution in [0, 0.1) is 0 Å². The molecule has 1 fully saturated rings. The number of ether oxygens (including phenoxy) is 2. The maximum Gasteiger partial charge on any atom is 0.330 e. The third kappa shape index (κ3) is 4.00. The molecule has 1 aromatic carbocycles. The average molecular weight is 304 g/mol. The van der Waals surface area contributed by atoms with Crippen LogP contribution in [-0.4, -0.2) is 57.2 Å². The molecule has 1 saturated heterocycles. The zero-order valence-corrected chi connectivity index (χ0v) is 12.8. The Morgan fingerprint density at radius 2 is 1.64 bits per heavy atom. The summed E-state index contributed by atoms with van der Waals surface area (Å²) in [6.45, 7) is 2.75. The van der Waals surface area contributed by atoms with E-state index in [4.69, 9.17) is 4.74 Å². The van der Waals surface area contributed by atoms with Gasteiger partial charge in [-0.2, -0.15) is 0 Å². The monoisotopic (exact) mass is 304 g/mol. The molecule has 118 valence electrons. The summed E-state index contributed by atoms with van der Waals surface area (Å²) in [6, 6.07) is 7.86. The smallest absolute Gasteiger partial charge is 0.330 e. The van der Waals surface area contributed by atoms with Gasteiger partial charge in [-0.05, 0) is 24.3 Å². The van der Waals surface area contributed by atoms with Gasteiger partial charge in [0.05, 0.1) is 14.2 Å². The van der Waals surface area contributed by atoms with E-state index in [1.54, 1.807) is 12.0 Å². The zero-order chi connectivity index (χ0) is 15.9. The molecule has 1 aromatic rings. The lowest BCUT2D eigenvalue weighted by Crippen LogP contribution is -2.48. The Hall–Kier alpha value is -2.50. The summed E-state index contributed by atoms with van der Waals surface area (Å²) in [4.78, 5) is 26.9. The van der Waals surface area contributed by atoms with Crippen molar-refractivity contribution in [1.82, 2.24) is 4.90 Å². The minimum atomic E-state index is -0.523. The Bertz CT molecular complexity index is 546. The fourth-order valence-electron chi connectivity index (χ4n) is 2.29. The predicted molar refractivity (Wildman–Crippen MR) is 82.9 cm³/mol. The third-order valence-electron chi connectivity index (χ3n) is 3.59. The van der Waals surface area contributed by atoms with Gasteiger partial charge in [0.1, 0.15) is 5.75 Å². The highest BCUT2D eigenvalue weighted by Gasteiger charge is 2.20. The highest BCUT2D eigenvalue weighted by atomic mass is 16.5. The van der Waals surface area contributed by atoms with Crippen LogP contribution >= 0.6 is 0 Å². The first-order valence-corrected chi connectivity index (χ1v) is 7.08. The van der Waals surface area contributed by atoms with Gasteiger partial charge in [-0.15, -0.1) is 0 Å². The number of amides is 1. The summed E-state index contributed by atoms with van der Waals surface area (Å²) < 4.78 is 9.61. The number of carbonyl (C=O) groups is 2. The number of hydrogen-bond donors (Lipinski definition) is 0. The topological polar surface area (TPSA) is 59.1 Å². The molecule has 1 heterocycles. The number of nitrogens with zero attached hydrogens (tertiary/aromatic N) is 2. The van der Waals surface area contributed by atoms with Gasteiger partial charge in [0.15, 0.2) is 0 Å². The molecular formula is C16H20N2O4. The summed E-state index contributed by atoms with van der Waals surface area (Å²) in [6.07, 6.45) is 2.41. The summed E-state index contributed by atoms with van der Waals surface area (Å²) in [7, 11) is 2.92. The predicted octanol–water partition coefficient (Wildman–Crippen LogP) is 1.07. The van der Waals surface area contributed by atoms with E-state index >= 15 is 0 Å². The largest absolute Gasteiger partial charge is 0.497 e. The lowest BCUT2D eigenvalue weighted by atomic mass is 10.2. The van der Waals surface area contributed by atoms with E-state index in [1.807, 2.05) is 24.3 Å². The van der Waals surface area contributed by atoms with Crippen LogP contribution in [0.2, 0.25) is 0 Å². The Morgan fingerprint density at radius 3 is 2.18 bits per heavy atom. The van der Waals surface area contributed by atoms with E-state index in [0.29, 0.717) is 13.1 Å². The summed E-state index contributed by atoms with van der Waals surface area (Å²) >= 11 is 0. The molecule has 0 atom stereocenters. The fourth-order valence-corrected chi connectivity index (χ4v) is 2.29. The molecule has 0 unspecified atom stereocenters. The SMILES string of the molecule is COC(=O)/C=C/C(=O)N1CCN(c2ccc(OC)cc2)CC1. The van der Waals surface area contributed by atoms with Crippen LogP contribution in [0.1, 0.15) is 0 Å². The van der Waals surface area contributed by atoms with Gasteiger partial charge >= 0.3 is 5.97 Å². The molecule has 0 aliphatic carbocycles. The molecule has 0 bridgehead atoms. The van der Waals surface area contributed by atoms with Crippen LogP contribution in [0.4, 0.5) is 5.69 Å². The van der Waals surface area contributed by atoms with Gasteiger partial charge in [-0.1, -0.05) is 0 Å². The first-order chi connectivity index (χ1) is 10.6. The Labute approximate surface area is 129 Å². The van der Waals surface area contributed by atoms with E-state index in [-0.39, 0.29) is 5.91 Å². The number of carbonyl (C=O) groups excluding carboxylic acids is 2. The third-order valence-corrected chi connectivity index (χ3v) is 3.59. The second kappa shape index (κ2) is 7.49. The molecule has 0 saturated carbocycles. The second-order valence-corrected chi connectivity index (χ2v) is 4.87. The van der Waals surface area contributed by atoms with Crippen LogP contribution < -0.4 is 9.64 Å². The Kier molecular flexibility index (Phi) is 5.41. The molecule has 1 amide bonds. The number of hydrogen-bond acceptors (Lipinski definition) is 5. The van der Waals surface area contributed by atoms with Crippen LogP contribution in [0.15, 0.2) is 36.4 Å². The fraction of sp³-hybridized carbons (Fsp3) is 0.375. The number of methoxy groups -OCH3 is 2. The van der Waals surface area contributed by atoms with Crippen LogP contribution in [0.25, 0.3) is 0 Å². The number of piperazine rings is 1. The number of anilines is 1. The standard InChI is InChI=1S/C16H20N2O4/c1-21-14-5-3-13(4-6-14)17-9-11-18(12-10-17)15(19)7-8-16(20)22-2/h3-8H,9-12H2,1-2H3/b8-7+. The molecule has 0 spiro atoms. The Balaban J connectivity index is 1.88. The van der Waals surface area contributed by atoms with Crippen molar-refractivity contribution >= 4 is 17.6 Å². The molecule has 1 aliphatic rings. The van der Waals surface area contributed by atoms with Crippen molar-refractivity contribution in [3.63, 3.8) is 0 Å². The van der Waals surface area contributed by atoms with Crippen molar-refractivity contribution in [2.45, 2.75) is 0 Å². The van der Waals surface area contributed by atoms with Gasteiger partial charge in [0.25, 0.3) is 0 Å². The lowest BCUT2D eigenvalue weighted by Gasteiger charge is -2.35. The van der Waals surface area contributed by atoms with Crippen molar-refractivity contribution in [3.05, 3.63) is 36.4 Å². The molecule has 2 rings (SSSR count). The first-order valence-electron chi connectivity index (χ1n) is 7.08. The first kappa shape index (κ1) is 15.9. The summed E-state index contributed by atoms with van der Waals surface area (Å²) in [5.41, 5.74) is 1.11.